The minimum Gasteiger partial charge on any atom is -0.376 e. The summed E-state index contributed by atoms with van der Waals surface area (Å²) < 4.78 is 10.9. The van der Waals surface area contributed by atoms with E-state index in [4.69, 9.17) is 9.47 Å². The average molecular weight is 214 g/mol. The number of hydrogen-bond acceptors (Lipinski definition) is 4. The van der Waals surface area contributed by atoms with Gasteiger partial charge in [-0.3, -0.25) is 0 Å². The number of nitrogens with one attached hydrogen (secondary N) is 1. The molecule has 2 heterocycles. The first kappa shape index (κ1) is 11.3. The molecule has 0 bridgehead atoms. The molecule has 4 nitrogen and oxygen atoms in total. The Morgan fingerprint density at radius 2 is 2.07 bits per heavy atom. The summed E-state index contributed by atoms with van der Waals surface area (Å²) in [6.45, 7) is 7.98. The van der Waals surface area contributed by atoms with Crippen LogP contribution in [-0.4, -0.2) is 63.5 Å². The predicted octanol–water partition coefficient (Wildman–Crippen LogP) is 0.0872. The van der Waals surface area contributed by atoms with Gasteiger partial charge in [-0.05, 0) is 25.9 Å². The largest absolute Gasteiger partial charge is 0.376 e. The van der Waals surface area contributed by atoms with Gasteiger partial charge in [0.25, 0.3) is 0 Å². The zero-order valence-corrected chi connectivity index (χ0v) is 9.41. The molecule has 0 radical (unpaired) electrons. The fourth-order valence-corrected chi connectivity index (χ4v) is 2.16. The van der Waals surface area contributed by atoms with Gasteiger partial charge >= 0.3 is 0 Å². The van der Waals surface area contributed by atoms with Gasteiger partial charge in [-0.15, -0.1) is 0 Å². The molecule has 2 saturated heterocycles. The normalized spacial score (nSPS) is 28.4. The molecule has 1 N–H and O–H groups in total. The first-order valence-corrected chi connectivity index (χ1v) is 6.07. The van der Waals surface area contributed by atoms with Crippen molar-refractivity contribution in [3.63, 3.8) is 0 Å². The molecule has 2 rings (SSSR count). The molecule has 0 spiro atoms. The molecule has 1 atom stereocenters. The van der Waals surface area contributed by atoms with Gasteiger partial charge in [0.15, 0.2) is 0 Å². The highest BCUT2D eigenvalue weighted by Gasteiger charge is 2.14. The topological polar surface area (TPSA) is 33.7 Å². The smallest absolute Gasteiger partial charge is 0.0933 e. The molecule has 2 aliphatic heterocycles. The van der Waals surface area contributed by atoms with Crippen LogP contribution in [0.5, 0.6) is 0 Å². The van der Waals surface area contributed by atoms with Crippen molar-refractivity contribution in [2.45, 2.75) is 18.9 Å². The number of ether oxygens (including phenoxy) is 2. The van der Waals surface area contributed by atoms with Crippen LogP contribution in [0, 0.1) is 0 Å². The zero-order chi connectivity index (χ0) is 10.3. The standard InChI is InChI=1S/C11H22N2O2/c1-2-5-13(4-1)6-3-12-9-11-10-14-7-8-15-11/h11-12H,1-10H2. The van der Waals surface area contributed by atoms with E-state index in [0.717, 1.165) is 32.9 Å². The first-order chi connectivity index (χ1) is 7.45. The molecule has 0 amide bonds. The van der Waals surface area contributed by atoms with Crippen molar-refractivity contribution < 1.29 is 9.47 Å². The summed E-state index contributed by atoms with van der Waals surface area (Å²) in [6.07, 6.45) is 3.01. The van der Waals surface area contributed by atoms with E-state index in [9.17, 15) is 0 Å². The van der Waals surface area contributed by atoms with Crippen LogP contribution in [0.1, 0.15) is 12.8 Å². The van der Waals surface area contributed by atoms with E-state index in [0.29, 0.717) is 0 Å². The van der Waals surface area contributed by atoms with Crippen molar-refractivity contribution in [2.75, 3.05) is 52.5 Å². The van der Waals surface area contributed by atoms with Crippen LogP contribution < -0.4 is 5.32 Å². The average Bonchev–Trinajstić information content (AvgIpc) is 2.79. The summed E-state index contributed by atoms with van der Waals surface area (Å²) in [5, 5.41) is 3.44. The maximum absolute atomic E-state index is 5.55. The molecular formula is C11H22N2O2. The quantitative estimate of drug-likeness (QED) is 0.658. The third-order valence-corrected chi connectivity index (χ3v) is 3.06. The Kier molecular flexibility index (Phi) is 4.86. The van der Waals surface area contributed by atoms with Gasteiger partial charge in [-0.1, -0.05) is 0 Å². The molecule has 0 saturated carbocycles. The molecule has 0 aliphatic carbocycles. The van der Waals surface area contributed by atoms with Gasteiger partial charge in [0.2, 0.25) is 0 Å². The predicted molar refractivity (Wildman–Crippen MR) is 59.1 cm³/mol. The number of hydrogen-bond donors (Lipinski definition) is 1. The lowest BCUT2D eigenvalue weighted by molar-refractivity contribution is -0.0863. The summed E-state index contributed by atoms with van der Waals surface area (Å²) in [4.78, 5) is 2.52. The fourth-order valence-electron chi connectivity index (χ4n) is 2.16. The van der Waals surface area contributed by atoms with Crippen molar-refractivity contribution in [1.29, 1.82) is 0 Å². The van der Waals surface area contributed by atoms with Crippen LogP contribution in [-0.2, 0) is 9.47 Å². The summed E-state index contributed by atoms with van der Waals surface area (Å²) in [5.41, 5.74) is 0. The Morgan fingerprint density at radius 1 is 1.20 bits per heavy atom. The molecule has 0 aromatic carbocycles. The van der Waals surface area contributed by atoms with Crippen LogP contribution >= 0.6 is 0 Å². The highest BCUT2D eigenvalue weighted by atomic mass is 16.6. The van der Waals surface area contributed by atoms with Crippen LogP contribution in [0.4, 0.5) is 0 Å². The van der Waals surface area contributed by atoms with Crippen molar-refractivity contribution in [2.24, 2.45) is 0 Å². The SMILES string of the molecule is C1CCN(CCNCC2COCCO2)C1. The Hall–Kier alpha value is -0.160. The minimum absolute atomic E-state index is 0.261. The lowest BCUT2D eigenvalue weighted by Crippen LogP contribution is -2.39. The van der Waals surface area contributed by atoms with Crippen molar-refractivity contribution in [3.8, 4) is 0 Å². The van der Waals surface area contributed by atoms with E-state index in [2.05, 4.69) is 10.2 Å². The van der Waals surface area contributed by atoms with E-state index in [-0.39, 0.29) is 6.10 Å². The van der Waals surface area contributed by atoms with Gasteiger partial charge in [0.05, 0.1) is 25.9 Å². The van der Waals surface area contributed by atoms with Crippen molar-refractivity contribution in [3.05, 3.63) is 0 Å². The second-order valence-electron chi connectivity index (χ2n) is 4.32. The van der Waals surface area contributed by atoms with Gasteiger partial charge in [0, 0.05) is 19.6 Å². The summed E-state index contributed by atoms with van der Waals surface area (Å²) >= 11 is 0. The maximum atomic E-state index is 5.55. The molecule has 4 heteroatoms. The molecular weight excluding hydrogens is 192 g/mol. The Morgan fingerprint density at radius 3 is 2.80 bits per heavy atom. The maximum Gasteiger partial charge on any atom is 0.0933 e. The number of nitrogens with zero attached hydrogens (tertiary/aromatic N) is 1. The van der Waals surface area contributed by atoms with Crippen molar-refractivity contribution in [1.82, 2.24) is 10.2 Å². The van der Waals surface area contributed by atoms with Crippen LogP contribution in [0.15, 0.2) is 0 Å². The first-order valence-electron chi connectivity index (χ1n) is 6.07. The molecule has 88 valence electrons. The fraction of sp³-hybridized carbons (Fsp3) is 1.00. The van der Waals surface area contributed by atoms with E-state index in [1.165, 1.54) is 32.5 Å². The monoisotopic (exact) mass is 214 g/mol. The van der Waals surface area contributed by atoms with Gasteiger partial charge < -0.3 is 19.7 Å². The second kappa shape index (κ2) is 6.43. The summed E-state index contributed by atoms with van der Waals surface area (Å²) in [6, 6.07) is 0. The lowest BCUT2D eigenvalue weighted by Gasteiger charge is -2.23. The Labute approximate surface area is 91.9 Å². The Bertz CT molecular complexity index is 166. The number of rotatable bonds is 5. The third-order valence-electron chi connectivity index (χ3n) is 3.06. The third kappa shape index (κ3) is 4.07. The van der Waals surface area contributed by atoms with Crippen LogP contribution in [0.2, 0.25) is 0 Å². The Balaban J connectivity index is 1.47. The van der Waals surface area contributed by atoms with Gasteiger partial charge in [-0.25, -0.2) is 0 Å². The second-order valence-corrected chi connectivity index (χ2v) is 4.32. The van der Waals surface area contributed by atoms with Crippen LogP contribution in [0.25, 0.3) is 0 Å². The highest BCUT2D eigenvalue weighted by Crippen LogP contribution is 2.05. The highest BCUT2D eigenvalue weighted by molar-refractivity contribution is 4.69. The van der Waals surface area contributed by atoms with Crippen molar-refractivity contribution >= 4 is 0 Å². The molecule has 2 fully saturated rings. The van der Waals surface area contributed by atoms with E-state index < -0.39 is 0 Å². The molecule has 1 unspecified atom stereocenters. The molecule has 2 aliphatic rings. The summed E-state index contributed by atoms with van der Waals surface area (Å²) in [7, 11) is 0. The lowest BCUT2D eigenvalue weighted by atomic mass is 10.3. The zero-order valence-electron chi connectivity index (χ0n) is 9.41. The van der Waals surface area contributed by atoms with E-state index >= 15 is 0 Å². The summed E-state index contributed by atoms with van der Waals surface area (Å²) in [5.74, 6) is 0. The van der Waals surface area contributed by atoms with E-state index in [1.807, 2.05) is 0 Å². The van der Waals surface area contributed by atoms with Gasteiger partial charge in [-0.2, -0.15) is 0 Å². The molecule has 0 aromatic heterocycles. The van der Waals surface area contributed by atoms with E-state index in [1.54, 1.807) is 0 Å². The molecule has 0 aromatic rings. The van der Waals surface area contributed by atoms with Gasteiger partial charge in [0.1, 0.15) is 0 Å². The minimum atomic E-state index is 0.261. The van der Waals surface area contributed by atoms with Crippen LogP contribution in [0.3, 0.4) is 0 Å². The number of likely N-dealkylation sites (tertiary alicyclic amines) is 1. The molecule has 15 heavy (non-hydrogen) atoms.